The first-order valence-electron chi connectivity index (χ1n) is 10.2. The molecule has 3 aromatic rings. The average molecular weight is 457 g/mol. The minimum Gasteiger partial charge on any atom is -0.379 e. The van der Waals surface area contributed by atoms with E-state index in [0.29, 0.717) is 17.3 Å². The molecule has 8 heteroatoms. The minimum absolute atomic E-state index is 0.0215. The number of carbonyl (C=O) groups excluding carboxylic acids is 1. The SMILES string of the molecule is O=C(CSc1nccn1-c1cccc(Cl)c1)NCc1ccccc1CN1CCOCC1. The lowest BCUT2D eigenvalue weighted by molar-refractivity contribution is -0.118. The molecule has 0 bridgehead atoms. The molecule has 0 aliphatic carbocycles. The van der Waals surface area contributed by atoms with Gasteiger partial charge in [-0.25, -0.2) is 4.98 Å². The van der Waals surface area contributed by atoms with E-state index in [1.54, 1.807) is 6.20 Å². The molecule has 31 heavy (non-hydrogen) atoms. The van der Waals surface area contributed by atoms with E-state index in [0.717, 1.165) is 49.3 Å². The van der Waals surface area contributed by atoms with Gasteiger partial charge in [-0.15, -0.1) is 0 Å². The zero-order chi connectivity index (χ0) is 21.5. The lowest BCUT2D eigenvalue weighted by atomic mass is 10.1. The van der Waals surface area contributed by atoms with Crippen LogP contribution in [-0.4, -0.2) is 52.4 Å². The minimum atomic E-state index is -0.0215. The fourth-order valence-corrected chi connectivity index (χ4v) is 4.47. The van der Waals surface area contributed by atoms with Crippen molar-refractivity contribution in [3.8, 4) is 5.69 Å². The van der Waals surface area contributed by atoms with E-state index in [1.807, 2.05) is 47.2 Å². The third-order valence-electron chi connectivity index (χ3n) is 5.12. The summed E-state index contributed by atoms with van der Waals surface area (Å²) in [5.41, 5.74) is 3.31. The van der Waals surface area contributed by atoms with Gasteiger partial charge in [0, 0.05) is 49.3 Å². The maximum absolute atomic E-state index is 12.5. The molecule has 1 fully saturated rings. The van der Waals surface area contributed by atoms with Crippen molar-refractivity contribution in [3.05, 3.63) is 77.1 Å². The summed E-state index contributed by atoms with van der Waals surface area (Å²) in [6.45, 7) is 4.83. The quantitative estimate of drug-likeness (QED) is 0.523. The number of morpholine rings is 1. The highest BCUT2D eigenvalue weighted by atomic mass is 35.5. The number of imidazole rings is 1. The zero-order valence-corrected chi connectivity index (χ0v) is 18.7. The van der Waals surface area contributed by atoms with Crippen LogP contribution in [0.5, 0.6) is 0 Å². The molecule has 1 N–H and O–H groups in total. The fraction of sp³-hybridized carbons (Fsp3) is 0.304. The van der Waals surface area contributed by atoms with Crippen molar-refractivity contribution < 1.29 is 9.53 Å². The van der Waals surface area contributed by atoms with Crippen molar-refractivity contribution in [1.29, 1.82) is 0 Å². The average Bonchev–Trinajstić information content (AvgIpc) is 3.26. The van der Waals surface area contributed by atoms with Gasteiger partial charge in [0.05, 0.1) is 19.0 Å². The van der Waals surface area contributed by atoms with Crippen LogP contribution in [0.4, 0.5) is 0 Å². The van der Waals surface area contributed by atoms with Crippen molar-refractivity contribution in [3.63, 3.8) is 0 Å². The van der Waals surface area contributed by atoms with E-state index in [-0.39, 0.29) is 5.91 Å². The van der Waals surface area contributed by atoms with E-state index in [9.17, 15) is 4.79 Å². The first kappa shape index (κ1) is 21.9. The number of nitrogens with zero attached hydrogens (tertiary/aromatic N) is 3. The van der Waals surface area contributed by atoms with Crippen LogP contribution in [0.1, 0.15) is 11.1 Å². The number of carbonyl (C=O) groups is 1. The van der Waals surface area contributed by atoms with Crippen LogP contribution in [0, 0.1) is 0 Å². The Bertz CT molecular complexity index is 1020. The number of aromatic nitrogens is 2. The summed E-state index contributed by atoms with van der Waals surface area (Å²) in [4.78, 5) is 19.3. The molecule has 1 aliphatic rings. The van der Waals surface area contributed by atoms with Crippen LogP contribution in [0.15, 0.2) is 66.1 Å². The summed E-state index contributed by atoms with van der Waals surface area (Å²) in [7, 11) is 0. The van der Waals surface area contributed by atoms with Gasteiger partial charge >= 0.3 is 0 Å². The highest BCUT2D eigenvalue weighted by Gasteiger charge is 2.14. The molecule has 4 rings (SSSR count). The molecule has 6 nitrogen and oxygen atoms in total. The number of nitrogens with one attached hydrogen (secondary N) is 1. The number of thioether (sulfide) groups is 1. The van der Waals surface area contributed by atoms with Gasteiger partial charge < -0.3 is 10.1 Å². The predicted molar refractivity (Wildman–Crippen MR) is 124 cm³/mol. The van der Waals surface area contributed by atoms with E-state index < -0.39 is 0 Å². The number of hydrogen-bond acceptors (Lipinski definition) is 5. The number of benzene rings is 2. The van der Waals surface area contributed by atoms with E-state index in [1.165, 1.54) is 17.3 Å². The molecule has 162 valence electrons. The predicted octanol–water partition coefficient (Wildman–Crippen LogP) is 3.77. The smallest absolute Gasteiger partial charge is 0.230 e. The Morgan fingerprint density at radius 1 is 1.13 bits per heavy atom. The Morgan fingerprint density at radius 3 is 2.74 bits per heavy atom. The molecule has 1 amide bonds. The molecule has 0 radical (unpaired) electrons. The van der Waals surface area contributed by atoms with Crippen LogP contribution in [0.25, 0.3) is 5.69 Å². The van der Waals surface area contributed by atoms with Gasteiger partial charge in [0.1, 0.15) is 0 Å². The van der Waals surface area contributed by atoms with Gasteiger partial charge in [0.25, 0.3) is 0 Å². The van der Waals surface area contributed by atoms with Gasteiger partial charge in [-0.3, -0.25) is 14.3 Å². The monoisotopic (exact) mass is 456 g/mol. The lowest BCUT2D eigenvalue weighted by Crippen LogP contribution is -2.36. The van der Waals surface area contributed by atoms with Crippen molar-refractivity contribution >= 4 is 29.3 Å². The Morgan fingerprint density at radius 2 is 1.94 bits per heavy atom. The highest BCUT2D eigenvalue weighted by Crippen LogP contribution is 2.22. The second-order valence-corrected chi connectivity index (χ2v) is 8.66. The van der Waals surface area contributed by atoms with Gasteiger partial charge in [-0.2, -0.15) is 0 Å². The van der Waals surface area contributed by atoms with Crippen LogP contribution in [0.2, 0.25) is 5.02 Å². The molecule has 1 aliphatic heterocycles. The van der Waals surface area contributed by atoms with Gasteiger partial charge in [-0.05, 0) is 29.3 Å². The lowest BCUT2D eigenvalue weighted by Gasteiger charge is -2.27. The molecule has 1 aromatic heterocycles. The Balaban J connectivity index is 1.31. The summed E-state index contributed by atoms with van der Waals surface area (Å²) in [6.07, 6.45) is 3.59. The maximum Gasteiger partial charge on any atom is 0.230 e. The second kappa shape index (κ2) is 10.8. The molecule has 0 unspecified atom stereocenters. The van der Waals surface area contributed by atoms with Crippen molar-refractivity contribution in [2.24, 2.45) is 0 Å². The van der Waals surface area contributed by atoms with Crippen molar-refractivity contribution in [1.82, 2.24) is 19.8 Å². The molecule has 2 heterocycles. The highest BCUT2D eigenvalue weighted by molar-refractivity contribution is 7.99. The van der Waals surface area contributed by atoms with E-state index >= 15 is 0 Å². The largest absolute Gasteiger partial charge is 0.379 e. The molecular weight excluding hydrogens is 432 g/mol. The summed E-state index contributed by atoms with van der Waals surface area (Å²) in [5, 5.41) is 4.46. The Kier molecular flexibility index (Phi) is 7.64. The zero-order valence-electron chi connectivity index (χ0n) is 17.2. The van der Waals surface area contributed by atoms with Crippen molar-refractivity contribution in [2.75, 3.05) is 32.1 Å². The Hall–Kier alpha value is -2.32. The van der Waals surface area contributed by atoms with E-state index in [4.69, 9.17) is 16.3 Å². The topological polar surface area (TPSA) is 59.4 Å². The first-order chi connectivity index (χ1) is 15.2. The molecule has 0 saturated carbocycles. The molecule has 2 aromatic carbocycles. The number of hydrogen-bond donors (Lipinski definition) is 1. The normalized spacial score (nSPS) is 14.5. The first-order valence-corrected chi connectivity index (χ1v) is 11.6. The fourth-order valence-electron chi connectivity index (χ4n) is 3.48. The standard InChI is InChI=1S/C23H25ClN4O2S/c24-20-6-3-7-21(14-20)28-9-8-25-23(28)31-17-22(29)26-15-18-4-1-2-5-19(18)16-27-10-12-30-13-11-27/h1-9,14H,10-13,15-17H2,(H,26,29). The van der Waals surface area contributed by atoms with Crippen LogP contribution < -0.4 is 5.32 Å². The maximum atomic E-state index is 12.5. The summed E-state index contributed by atoms with van der Waals surface area (Å²) >= 11 is 7.51. The number of amides is 1. The second-order valence-electron chi connectivity index (χ2n) is 7.28. The summed E-state index contributed by atoms with van der Waals surface area (Å²) < 4.78 is 7.36. The number of rotatable bonds is 8. The van der Waals surface area contributed by atoms with Gasteiger partial charge in [0.15, 0.2) is 5.16 Å². The van der Waals surface area contributed by atoms with Gasteiger partial charge in [-0.1, -0.05) is 53.7 Å². The van der Waals surface area contributed by atoms with Crippen LogP contribution in [0.3, 0.4) is 0 Å². The number of ether oxygens (including phenoxy) is 1. The third-order valence-corrected chi connectivity index (χ3v) is 6.32. The molecule has 0 spiro atoms. The van der Waals surface area contributed by atoms with E-state index in [2.05, 4.69) is 27.3 Å². The summed E-state index contributed by atoms with van der Waals surface area (Å²) in [5.74, 6) is 0.273. The molecular formula is C23H25ClN4O2S. The van der Waals surface area contributed by atoms with Gasteiger partial charge in [0.2, 0.25) is 5.91 Å². The molecule has 1 saturated heterocycles. The number of halogens is 1. The third kappa shape index (κ3) is 6.11. The summed E-state index contributed by atoms with van der Waals surface area (Å²) in [6, 6.07) is 15.8. The molecule has 0 atom stereocenters. The van der Waals surface area contributed by atoms with Crippen molar-refractivity contribution in [2.45, 2.75) is 18.2 Å². The van der Waals surface area contributed by atoms with Crippen LogP contribution >= 0.6 is 23.4 Å². The Labute approximate surface area is 191 Å². The van der Waals surface area contributed by atoms with Crippen LogP contribution in [-0.2, 0) is 22.6 Å².